The van der Waals surface area contributed by atoms with Crippen LogP contribution in [0.4, 0.5) is 0 Å². The smallest absolute Gasteiger partial charge is 0.117 e. The monoisotopic (exact) mass is 388 g/mol. The van der Waals surface area contributed by atoms with Crippen molar-refractivity contribution < 1.29 is 0 Å². The molecular formula is C25H32N4. The number of nitrogens with zero attached hydrogens (tertiary/aromatic N) is 3. The first-order chi connectivity index (χ1) is 14.3. The standard InChI is InChI=1S/C25H32N4/c1-20-12-10-11-15-22(20)19-29-27-24(25(28-29)21-13-6-5-7-14-21)18-26-23-16-8-3-2-4-9-17-23/h5-7,10-15,23,26H,2-4,8-9,16-19H2,1H3. The molecule has 1 saturated carbocycles. The Kier molecular flexibility index (Phi) is 6.73. The van der Waals surface area contributed by atoms with Gasteiger partial charge in [0, 0.05) is 18.2 Å². The minimum absolute atomic E-state index is 0.598. The third kappa shape index (κ3) is 5.33. The summed E-state index contributed by atoms with van der Waals surface area (Å²) in [5, 5.41) is 13.6. The van der Waals surface area contributed by atoms with E-state index in [1.165, 1.54) is 56.1 Å². The molecule has 0 atom stereocenters. The van der Waals surface area contributed by atoms with E-state index < -0.39 is 0 Å². The number of aryl methyl sites for hydroxylation is 1. The molecule has 4 rings (SSSR count). The summed E-state index contributed by atoms with van der Waals surface area (Å²) in [6.45, 7) is 3.63. The van der Waals surface area contributed by atoms with Crippen LogP contribution in [0.25, 0.3) is 11.3 Å². The van der Waals surface area contributed by atoms with Gasteiger partial charge in [0.25, 0.3) is 0 Å². The van der Waals surface area contributed by atoms with Crippen molar-refractivity contribution in [3.05, 3.63) is 71.4 Å². The molecule has 1 heterocycles. The number of nitrogens with one attached hydrogen (secondary N) is 1. The lowest BCUT2D eigenvalue weighted by molar-refractivity contribution is 0.387. The molecule has 0 saturated heterocycles. The van der Waals surface area contributed by atoms with Gasteiger partial charge < -0.3 is 5.32 Å². The SMILES string of the molecule is Cc1ccccc1Cn1nc(CNC2CCCCCCC2)c(-c2ccccc2)n1. The van der Waals surface area contributed by atoms with Crippen molar-refractivity contribution >= 4 is 0 Å². The number of aromatic nitrogens is 3. The van der Waals surface area contributed by atoms with E-state index in [1.807, 2.05) is 10.9 Å². The highest BCUT2D eigenvalue weighted by Crippen LogP contribution is 2.22. The Morgan fingerprint density at radius 1 is 0.862 bits per heavy atom. The topological polar surface area (TPSA) is 42.7 Å². The van der Waals surface area contributed by atoms with Crippen molar-refractivity contribution in [1.82, 2.24) is 20.3 Å². The highest BCUT2D eigenvalue weighted by Gasteiger charge is 2.16. The fourth-order valence-corrected chi connectivity index (χ4v) is 4.23. The lowest BCUT2D eigenvalue weighted by Crippen LogP contribution is -2.29. The Hall–Kier alpha value is -2.46. The predicted octanol–water partition coefficient (Wildman–Crippen LogP) is 5.50. The van der Waals surface area contributed by atoms with Gasteiger partial charge in [-0.2, -0.15) is 15.0 Å². The van der Waals surface area contributed by atoms with E-state index in [0.717, 1.165) is 23.5 Å². The van der Waals surface area contributed by atoms with Gasteiger partial charge >= 0.3 is 0 Å². The van der Waals surface area contributed by atoms with Crippen LogP contribution in [-0.2, 0) is 13.1 Å². The van der Waals surface area contributed by atoms with E-state index in [0.29, 0.717) is 12.6 Å². The third-order valence-electron chi connectivity index (χ3n) is 6.01. The van der Waals surface area contributed by atoms with E-state index >= 15 is 0 Å². The molecule has 0 unspecified atom stereocenters. The fraction of sp³-hybridized carbons (Fsp3) is 0.440. The number of rotatable bonds is 6. The quantitative estimate of drug-likeness (QED) is 0.606. The molecule has 1 fully saturated rings. The van der Waals surface area contributed by atoms with Gasteiger partial charge in [-0.15, -0.1) is 0 Å². The van der Waals surface area contributed by atoms with Gasteiger partial charge in [-0.1, -0.05) is 86.7 Å². The molecule has 4 nitrogen and oxygen atoms in total. The normalized spacial score (nSPS) is 15.8. The molecule has 2 aromatic carbocycles. The average Bonchev–Trinajstić information content (AvgIpc) is 3.12. The van der Waals surface area contributed by atoms with Crippen LogP contribution >= 0.6 is 0 Å². The number of hydrogen-bond donors (Lipinski definition) is 1. The Bertz CT molecular complexity index is 892. The Morgan fingerprint density at radius 2 is 1.55 bits per heavy atom. The van der Waals surface area contributed by atoms with E-state index in [-0.39, 0.29) is 0 Å². The van der Waals surface area contributed by atoms with Gasteiger partial charge in [0.1, 0.15) is 11.4 Å². The van der Waals surface area contributed by atoms with Crippen LogP contribution < -0.4 is 5.32 Å². The molecule has 0 radical (unpaired) electrons. The zero-order valence-corrected chi connectivity index (χ0v) is 17.5. The lowest BCUT2D eigenvalue weighted by atomic mass is 9.96. The first kappa shape index (κ1) is 19.8. The largest absolute Gasteiger partial charge is 0.308 e. The van der Waals surface area contributed by atoms with E-state index in [1.54, 1.807) is 0 Å². The summed E-state index contributed by atoms with van der Waals surface area (Å²) in [5.41, 5.74) is 5.73. The molecule has 1 N–H and O–H groups in total. The molecule has 29 heavy (non-hydrogen) atoms. The second-order valence-corrected chi connectivity index (χ2v) is 8.24. The minimum atomic E-state index is 0.598. The predicted molar refractivity (Wildman–Crippen MR) is 119 cm³/mol. The van der Waals surface area contributed by atoms with Crippen molar-refractivity contribution in [1.29, 1.82) is 0 Å². The minimum Gasteiger partial charge on any atom is -0.308 e. The van der Waals surface area contributed by atoms with E-state index in [2.05, 4.69) is 60.8 Å². The van der Waals surface area contributed by atoms with Gasteiger partial charge in [-0.3, -0.25) is 0 Å². The van der Waals surface area contributed by atoms with Crippen molar-refractivity contribution in [2.24, 2.45) is 0 Å². The highest BCUT2D eigenvalue weighted by atomic mass is 15.5. The van der Waals surface area contributed by atoms with Crippen LogP contribution in [0.5, 0.6) is 0 Å². The number of hydrogen-bond acceptors (Lipinski definition) is 3. The van der Waals surface area contributed by atoms with E-state index in [4.69, 9.17) is 10.2 Å². The van der Waals surface area contributed by atoms with Crippen LogP contribution in [0.3, 0.4) is 0 Å². The number of benzene rings is 2. The van der Waals surface area contributed by atoms with Crippen LogP contribution in [0, 0.1) is 6.92 Å². The Morgan fingerprint density at radius 3 is 2.31 bits per heavy atom. The van der Waals surface area contributed by atoms with Gasteiger partial charge in [0.05, 0.1) is 6.54 Å². The molecule has 152 valence electrons. The van der Waals surface area contributed by atoms with E-state index in [9.17, 15) is 0 Å². The molecule has 0 bridgehead atoms. The Labute approximate surface area is 174 Å². The fourth-order valence-electron chi connectivity index (χ4n) is 4.23. The summed E-state index contributed by atoms with van der Waals surface area (Å²) in [6, 6.07) is 19.5. The Balaban J connectivity index is 1.54. The van der Waals surface area contributed by atoms with Crippen LogP contribution in [0.15, 0.2) is 54.6 Å². The summed E-state index contributed by atoms with van der Waals surface area (Å²) >= 11 is 0. The molecule has 1 aliphatic carbocycles. The highest BCUT2D eigenvalue weighted by molar-refractivity contribution is 5.60. The maximum Gasteiger partial charge on any atom is 0.117 e. The van der Waals surface area contributed by atoms with Crippen molar-refractivity contribution in [3.63, 3.8) is 0 Å². The molecular weight excluding hydrogens is 356 g/mol. The molecule has 1 aromatic heterocycles. The van der Waals surface area contributed by atoms with Gasteiger partial charge in [0.15, 0.2) is 0 Å². The zero-order chi connectivity index (χ0) is 19.9. The summed E-state index contributed by atoms with van der Waals surface area (Å²) in [4.78, 5) is 1.86. The first-order valence-corrected chi connectivity index (χ1v) is 11.1. The summed E-state index contributed by atoms with van der Waals surface area (Å²) in [6.07, 6.45) is 9.38. The maximum atomic E-state index is 4.89. The molecule has 1 aliphatic rings. The third-order valence-corrected chi connectivity index (χ3v) is 6.01. The van der Waals surface area contributed by atoms with Gasteiger partial charge in [0.2, 0.25) is 0 Å². The second-order valence-electron chi connectivity index (χ2n) is 8.24. The maximum absolute atomic E-state index is 4.89. The molecule has 0 spiro atoms. The lowest BCUT2D eigenvalue weighted by Gasteiger charge is -2.20. The van der Waals surface area contributed by atoms with Crippen LogP contribution in [0.1, 0.15) is 61.8 Å². The summed E-state index contributed by atoms with van der Waals surface area (Å²) < 4.78 is 0. The summed E-state index contributed by atoms with van der Waals surface area (Å²) in [7, 11) is 0. The van der Waals surface area contributed by atoms with Crippen LogP contribution in [0.2, 0.25) is 0 Å². The summed E-state index contributed by atoms with van der Waals surface area (Å²) in [5.74, 6) is 0. The first-order valence-electron chi connectivity index (χ1n) is 11.1. The average molecular weight is 389 g/mol. The molecule has 0 amide bonds. The zero-order valence-electron chi connectivity index (χ0n) is 17.5. The van der Waals surface area contributed by atoms with Crippen molar-refractivity contribution in [2.45, 2.75) is 71.0 Å². The molecule has 0 aliphatic heterocycles. The molecule has 3 aromatic rings. The van der Waals surface area contributed by atoms with Crippen LogP contribution in [-0.4, -0.2) is 21.0 Å². The second kappa shape index (κ2) is 9.84. The van der Waals surface area contributed by atoms with Crippen molar-refractivity contribution in [2.75, 3.05) is 0 Å². The van der Waals surface area contributed by atoms with Gasteiger partial charge in [-0.05, 0) is 30.9 Å². The molecule has 4 heteroatoms. The van der Waals surface area contributed by atoms with Crippen molar-refractivity contribution in [3.8, 4) is 11.3 Å². The van der Waals surface area contributed by atoms with Gasteiger partial charge in [-0.25, -0.2) is 0 Å².